The molecule has 0 spiro atoms. The Morgan fingerprint density at radius 3 is 0.496 bits per heavy atom. The van der Waals surface area contributed by atoms with E-state index in [4.69, 9.17) is 4.74 Å². The summed E-state index contributed by atoms with van der Waals surface area (Å²) in [6, 6.07) is 0. The highest BCUT2D eigenvalue weighted by atomic mass is 16.5. The number of ketones is 3. The first kappa shape index (κ1) is 151. The molecule has 0 heterocycles. The van der Waals surface area contributed by atoms with Crippen LogP contribution in [0, 0.1) is 181 Å². The summed E-state index contributed by atoms with van der Waals surface area (Å²) >= 11 is 0. The van der Waals surface area contributed by atoms with Crippen LogP contribution in [0.2, 0.25) is 0 Å². The minimum Gasteiger partial charge on any atom is -0.380 e. The Labute approximate surface area is 885 Å². The standard InChI is InChI=1S/C34H70O.C21H44.C17H36.2C16H32O.C16H34.C15H30O/c1-27(2,3)19-33(20-28(4,5)6,21-29(7,8)9)25-35-26-34(22-30(10,11)12,23-31(13,14)15)24-32(16,17)18;1-17(2,3)13-21(14-18(4,5)6,15-19(7,8)9)16-20(10,11)12;1-15(2,3)13-11-10-12-14(16(4,5)6)17(7,8)9;2*1-14(2,3)10-12(16(7,8)9)13(17)11-15(4,5)6;1-14(2,3)12-10-11-13(15(4,5)6)16(7,8)9;1-13(2,3)10-11(16)12(14(4,5)6)15(7,8)9/h19-26H2,1-18H3;13-16H2,1-12H3;14H,10-13H2,1-9H3;2*12H,10-11H2,1-9H3;13H,10-12H2,1-9H3;12H,10H2,1-9H3. The minimum absolute atomic E-state index is 0.0422. The number of carbonyl (C=O) groups excluding carboxylic acids is 3. The smallest absolute Gasteiger partial charge is 0.137 e. The third-order valence-corrected chi connectivity index (χ3v) is 25.8. The molecule has 4 heteroatoms. The van der Waals surface area contributed by atoms with Crippen LogP contribution >= 0.6 is 0 Å². The van der Waals surface area contributed by atoms with Gasteiger partial charge in [-0.2, -0.15) is 0 Å². The number of rotatable bonds is 29. The van der Waals surface area contributed by atoms with Gasteiger partial charge in [0.1, 0.15) is 17.3 Å². The van der Waals surface area contributed by atoms with E-state index in [1.54, 1.807) is 0 Å². The van der Waals surface area contributed by atoms with Crippen molar-refractivity contribution in [2.24, 2.45) is 181 Å². The van der Waals surface area contributed by atoms with Crippen LogP contribution in [-0.2, 0) is 19.1 Å². The zero-order chi connectivity index (χ0) is 114. The topological polar surface area (TPSA) is 60.4 Å². The molecular formula is C135H278O4. The van der Waals surface area contributed by atoms with Crippen molar-refractivity contribution in [2.45, 2.75) is 661 Å². The Hall–Kier alpha value is -1.03. The van der Waals surface area contributed by atoms with Crippen LogP contribution in [0.4, 0.5) is 0 Å². The van der Waals surface area contributed by atoms with Gasteiger partial charge in [0.05, 0.1) is 13.2 Å². The lowest BCUT2D eigenvalue weighted by atomic mass is 9.56. The van der Waals surface area contributed by atoms with E-state index in [9.17, 15) is 14.4 Å². The molecule has 4 nitrogen and oxygen atoms in total. The van der Waals surface area contributed by atoms with Crippen molar-refractivity contribution in [3.8, 4) is 0 Å². The van der Waals surface area contributed by atoms with Gasteiger partial charge in [0.15, 0.2) is 0 Å². The Morgan fingerprint density at radius 2 is 0.345 bits per heavy atom. The fraction of sp³-hybridized carbons (Fsp3) is 0.978. The van der Waals surface area contributed by atoms with Crippen molar-refractivity contribution in [3.05, 3.63) is 0 Å². The molecular weight excluding hydrogens is 1690 g/mol. The second kappa shape index (κ2) is 54.3. The van der Waals surface area contributed by atoms with Crippen molar-refractivity contribution in [2.75, 3.05) is 13.2 Å². The molecule has 0 amide bonds. The Kier molecular flexibility index (Phi) is 58.9. The quantitative estimate of drug-likeness (QED) is 0.0700. The van der Waals surface area contributed by atoms with Crippen LogP contribution in [0.5, 0.6) is 0 Å². The fourth-order valence-corrected chi connectivity index (χ4v) is 26.2. The number of Topliss-reactive ketones (excluding diaryl/α,β-unsaturated/α-hetero) is 3. The van der Waals surface area contributed by atoms with Gasteiger partial charge >= 0.3 is 0 Å². The van der Waals surface area contributed by atoms with E-state index in [-0.39, 0.29) is 110 Å². The van der Waals surface area contributed by atoms with Crippen LogP contribution in [0.15, 0.2) is 0 Å². The lowest BCUT2D eigenvalue weighted by molar-refractivity contribution is -0.133. The third kappa shape index (κ3) is 89.5. The summed E-state index contributed by atoms with van der Waals surface area (Å²) in [4.78, 5) is 37.4. The molecule has 0 rings (SSSR count). The molecule has 2 atom stereocenters. The number of unbranched alkanes of at least 4 members (excludes halogenated alkanes) is 1. The minimum atomic E-state index is 0.0422. The summed E-state index contributed by atoms with van der Waals surface area (Å²) in [5.41, 5.74) is 7.66. The molecule has 0 aliphatic carbocycles. The zero-order valence-electron chi connectivity index (χ0n) is 112. The molecule has 2 unspecified atom stereocenters. The summed E-state index contributed by atoms with van der Waals surface area (Å²) < 4.78 is 7.04. The maximum Gasteiger partial charge on any atom is 0.137 e. The Balaban J connectivity index is -0.000000299. The van der Waals surface area contributed by atoms with Crippen molar-refractivity contribution in [1.29, 1.82) is 0 Å². The monoisotopic (exact) mass is 1960 g/mol. The van der Waals surface area contributed by atoms with E-state index >= 15 is 0 Å². The summed E-state index contributed by atoms with van der Waals surface area (Å²) in [7, 11) is 0. The van der Waals surface area contributed by atoms with Crippen molar-refractivity contribution >= 4 is 17.3 Å². The first-order valence-electron chi connectivity index (χ1n) is 57.3. The van der Waals surface area contributed by atoms with Gasteiger partial charge in [0.25, 0.3) is 0 Å². The molecule has 0 aromatic rings. The van der Waals surface area contributed by atoms with Gasteiger partial charge in [-0.3, -0.25) is 14.4 Å². The third-order valence-electron chi connectivity index (χ3n) is 25.8. The molecule has 0 aliphatic heterocycles. The average Bonchev–Trinajstić information content (AvgIpc) is 0.797. The van der Waals surface area contributed by atoms with Crippen molar-refractivity contribution < 1.29 is 19.1 Å². The molecule has 0 radical (unpaired) electrons. The predicted molar refractivity (Wildman–Crippen MR) is 639 cm³/mol. The van der Waals surface area contributed by atoms with Crippen LogP contribution in [0.25, 0.3) is 0 Å². The molecule has 0 N–H and O–H groups in total. The lowest BCUT2D eigenvalue weighted by Gasteiger charge is -2.49. The molecule has 139 heavy (non-hydrogen) atoms. The number of ether oxygens (including phenoxy) is 1. The molecule has 0 aliphatic rings. The number of carbonyl (C=O) groups is 3. The van der Waals surface area contributed by atoms with Gasteiger partial charge in [0, 0.05) is 37.0 Å². The van der Waals surface area contributed by atoms with E-state index in [1.165, 1.54) is 109 Å². The molecule has 0 saturated carbocycles. The average molecular weight is 1970 g/mol. The van der Waals surface area contributed by atoms with Gasteiger partial charge in [-0.1, -0.05) is 539 Å². The first-order chi connectivity index (χ1) is 59.2. The van der Waals surface area contributed by atoms with E-state index < -0.39 is 0 Å². The van der Waals surface area contributed by atoms with Crippen LogP contribution < -0.4 is 0 Å². The molecule has 842 valence electrons. The maximum absolute atomic E-state index is 12.5. The van der Waals surface area contributed by atoms with Crippen LogP contribution in [0.3, 0.4) is 0 Å². The van der Waals surface area contributed by atoms with Gasteiger partial charge in [0.2, 0.25) is 0 Å². The lowest BCUT2D eigenvalue weighted by Crippen LogP contribution is -2.42. The maximum atomic E-state index is 12.5. The van der Waals surface area contributed by atoms with Crippen molar-refractivity contribution in [3.63, 3.8) is 0 Å². The largest absolute Gasteiger partial charge is 0.380 e. The number of hydrogen-bond acceptors (Lipinski definition) is 4. The Morgan fingerprint density at radius 1 is 0.173 bits per heavy atom. The second-order valence-electron chi connectivity index (χ2n) is 76.3. The normalized spacial score (nSPS) is 15.2. The highest BCUT2D eigenvalue weighted by Crippen LogP contribution is 2.57. The van der Waals surface area contributed by atoms with Crippen LogP contribution in [0.1, 0.15) is 661 Å². The fourth-order valence-electron chi connectivity index (χ4n) is 26.2. The first-order valence-corrected chi connectivity index (χ1v) is 57.3. The highest BCUT2D eigenvalue weighted by Gasteiger charge is 2.49. The van der Waals surface area contributed by atoms with Crippen molar-refractivity contribution in [1.82, 2.24) is 0 Å². The summed E-state index contributed by atoms with van der Waals surface area (Å²) in [5, 5.41) is 0. The van der Waals surface area contributed by atoms with Gasteiger partial charge in [-0.15, -0.1) is 0 Å². The van der Waals surface area contributed by atoms with Crippen LogP contribution in [-0.4, -0.2) is 30.6 Å². The van der Waals surface area contributed by atoms with E-state index in [0.29, 0.717) is 96.2 Å². The molecule has 0 saturated heterocycles. The van der Waals surface area contributed by atoms with E-state index in [0.717, 1.165) is 37.9 Å². The second-order valence-corrected chi connectivity index (χ2v) is 76.3. The summed E-state index contributed by atoms with van der Waals surface area (Å²) in [5.74, 6) is 3.35. The molecule has 0 aromatic carbocycles. The molecule has 0 fully saturated rings. The van der Waals surface area contributed by atoms with E-state index in [1.807, 2.05) is 0 Å². The molecule has 0 aromatic heterocycles. The predicted octanol–water partition coefficient (Wildman–Crippen LogP) is 46.4. The SMILES string of the molecule is CC(C)(C)CC(=O)C(C(C)(C)C)C(C)(C)C.CC(C)(C)CC(=O)C(CC(C)(C)C)C(C)(C)C.CC(C)(C)CC(=O)C(CC(C)(C)C)C(C)(C)C.CC(C)(C)CC(CC(C)(C)C)(CC(C)(C)C)CC(C)(C)C.CC(C)(C)CC(COCC(CC(C)(C)C)(CC(C)(C)C)CC(C)(C)C)(CC(C)(C)C)CC(C)(C)C.CC(C)(C)CCCC(C(C)(C)C)C(C)(C)C.CC(C)(C)CCCCC(C(C)(C)C)C(C)(C)C. The van der Waals surface area contributed by atoms with Gasteiger partial charge in [-0.25, -0.2) is 0 Å². The number of hydrogen-bond donors (Lipinski definition) is 0. The Bertz CT molecular complexity index is 3000. The van der Waals surface area contributed by atoms with E-state index in [2.05, 4.69) is 519 Å². The zero-order valence-corrected chi connectivity index (χ0v) is 112. The summed E-state index contributed by atoms with van der Waals surface area (Å²) in [6.07, 6.45) is 26.1. The van der Waals surface area contributed by atoms with Gasteiger partial charge < -0.3 is 4.74 Å². The summed E-state index contributed by atoms with van der Waals surface area (Å²) in [6.45, 7) is 176. The van der Waals surface area contributed by atoms with Gasteiger partial charge in [-0.05, 0) is 266 Å². The highest BCUT2D eigenvalue weighted by molar-refractivity contribution is 5.83. The molecule has 0 bridgehead atoms.